The molecule has 1 fully saturated rings. The summed E-state index contributed by atoms with van der Waals surface area (Å²) in [4.78, 5) is 16.0. The van der Waals surface area contributed by atoms with Gasteiger partial charge in [-0.1, -0.05) is 25.0 Å². The van der Waals surface area contributed by atoms with E-state index in [4.69, 9.17) is 10.5 Å². The maximum absolute atomic E-state index is 13.0. The lowest BCUT2D eigenvalue weighted by molar-refractivity contribution is 0.0596. The van der Waals surface area contributed by atoms with Crippen molar-refractivity contribution in [2.45, 2.75) is 36.1 Å². The van der Waals surface area contributed by atoms with Crippen LogP contribution in [0.1, 0.15) is 36.2 Å². The smallest absolute Gasteiger partial charge is 0.357 e. The number of esters is 1. The van der Waals surface area contributed by atoms with Gasteiger partial charge in [0.15, 0.2) is 5.69 Å². The van der Waals surface area contributed by atoms with Crippen molar-refractivity contribution in [2.75, 3.05) is 13.7 Å². The van der Waals surface area contributed by atoms with Crippen molar-refractivity contribution in [3.63, 3.8) is 0 Å². The molecule has 0 spiro atoms. The Bertz CT molecular complexity index is 911. The monoisotopic (exact) mass is 399 g/mol. The van der Waals surface area contributed by atoms with Gasteiger partial charge in [-0.05, 0) is 25.0 Å². The number of rotatable bonds is 5. The van der Waals surface area contributed by atoms with E-state index in [1.54, 1.807) is 18.2 Å². The summed E-state index contributed by atoms with van der Waals surface area (Å²) >= 11 is 0. The van der Waals surface area contributed by atoms with E-state index in [-0.39, 0.29) is 29.5 Å². The molecule has 2 aromatic rings. The molecule has 1 aromatic heterocycles. The number of methoxy groups -OCH3 is 1. The molecule has 1 aromatic carbocycles. The number of nitrogens with one attached hydrogen (secondary N) is 1. The SMILES string of the molecule is COC(=O)c1nccc2c(S(=O)(=O)NC3(CN)CCCC3)cccc12.Cl. The van der Waals surface area contributed by atoms with Crippen LogP contribution in [0.4, 0.5) is 0 Å². The standard InChI is InChI=1S/C17H21N3O4S.ClH/c1-24-16(21)15-13-5-4-6-14(12(13)7-10-19-15)25(22,23)20-17(11-18)8-2-3-9-17;/h4-7,10,20H,2-3,8-9,11,18H2,1H3;1H. The second-order valence-corrected chi connectivity index (χ2v) is 7.95. The molecule has 0 saturated heterocycles. The van der Waals surface area contributed by atoms with Crippen LogP contribution < -0.4 is 10.5 Å². The second kappa shape index (κ2) is 7.87. The molecule has 26 heavy (non-hydrogen) atoms. The fraction of sp³-hybridized carbons (Fsp3) is 0.412. The van der Waals surface area contributed by atoms with Gasteiger partial charge in [-0.3, -0.25) is 0 Å². The summed E-state index contributed by atoms with van der Waals surface area (Å²) in [5.41, 5.74) is 5.34. The largest absolute Gasteiger partial charge is 0.464 e. The molecule has 0 bridgehead atoms. The average molecular weight is 400 g/mol. The minimum Gasteiger partial charge on any atom is -0.464 e. The van der Waals surface area contributed by atoms with Gasteiger partial charge < -0.3 is 10.5 Å². The number of hydrogen-bond donors (Lipinski definition) is 2. The molecule has 1 aliphatic rings. The number of nitrogens with two attached hydrogens (primary N) is 1. The van der Waals surface area contributed by atoms with Crippen molar-refractivity contribution in [1.82, 2.24) is 9.71 Å². The fourth-order valence-electron chi connectivity index (χ4n) is 3.41. The van der Waals surface area contributed by atoms with Crippen LogP contribution >= 0.6 is 12.4 Å². The molecule has 9 heteroatoms. The summed E-state index contributed by atoms with van der Waals surface area (Å²) < 4.78 is 33.6. The van der Waals surface area contributed by atoms with E-state index in [0.29, 0.717) is 10.8 Å². The Balaban J connectivity index is 0.00000243. The Kier molecular flexibility index (Phi) is 6.23. The number of carbonyl (C=O) groups is 1. The lowest BCUT2D eigenvalue weighted by atomic mass is 10.0. The van der Waals surface area contributed by atoms with Crippen LogP contribution in [0.15, 0.2) is 35.4 Å². The van der Waals surface area contributed by atoms with E-state index in [1.807, 2.05) is 0 Å². The molecule has 1 heterocycles. The number of ether oxygens (including phenoxy) is 1. The van der Waals surface area contributed by atoms with Crippen molar-refractivity contribution < 1.29 is 17.9 Å². The Hall–Kier alpha value is -1.74. The van der Waals surface area contributed by atoms with Gasteiger partial charge in [-0.2, -0.15) is 0 Å². The van der Waals surface area contributed by atoms with E-state index in [9.17, 15) is 13.2 Å². The van der Waals surface area contributed by atoms with Crippen LogP contribution in [0.3, 0.4) is 0 Å². The van der Waals surface area contributed by atoms with Crippen molar-refractivity contribution in [3.8, 4) is 0 Å². The summed E-state index contributed by atoms with van der Waals surface area (Å²) in [6, 6.07) is 6.35. The number of sulfonamides is 1. The third kappa shape index (κ3) is 3.68. The number of pyridine rings is 1. The molecule has 0 radical (unpaired) electrons. The molecule has 0 aliphatic heterocycles. The normalized spacial score (nSPS) is 16.2. The van der Waals surface area contributed by atoms with Crippen LogP contribution in [-0.4, -0.2) is 38.6 Å². The van der Waals surface area contributed by atoms with Crippen LogP contribution in [0, 0.1) is 0 Å². The summed E-state index contributed by atoms with van der Waals surface area (Å²) in [7, 11) is -2.54. The highest BCUT2D eigenvalue weighted by Gasteiger charge is 2.37. The first kappa shape index (κ1) is 20.6. The Morgan fingerprint density at radius 1 is 1.27 bits per heavy atom. The first-order valence-corrected chi connectivity index (χ1v) is 9.61. The van der Waals surface area contributed by atoms with Crippen molar-refractivity contribution in [3.05, 3.63) is 36.2 Å². The van der Waals surface area contributed by atoms with Crippen LogP contribution in [-0.2, 0) is 14.8 Å². The third-order valence-corrected chi connectivity index (χ3v) is 6.37. The number of hydrogen-bond acceptors (Lipinski definition) is 6. The first-order valence-electron chi connectivity index (χ1n) is 8.12. The molecule has 3 rings (SSSR count). The van der Waals surface area contributed by atoms with Crippen molar-refractivity contribution in [1.29, 1.82) is 0 Å². The molecule has 1 aliphatic carbocycles. The van der Waals surface area contributed by atoms with Gasteiger partial charge in [0.05, 0.1) is 12.0 Å². The molecule has 0 atom stereocenters. The molecule has 0 amide bonds. The molecular formula is C17H22ClN3O4S. The van der Waals surface area contributed by atoms with E-state index in [0.717, 1.165) is 25.7 Å². The van der Waals surface area contributed by atoms with Crippen molar-refractivity contribution >= 4 is 39.2 Å². The lowest BCUT2D eigenvalue weighted by Crippen LogP contribution is -2.51. The topological polar surface area (TPSA) is 111 Å². The number of halogens is 1. The van der Waals surface area contributed by atoms with E-state index < -0.39 is 21.5 Å². The first-order chi connectivity index (χ1) is 11.9. The van der Waals surface area contributed by atoms with Crippen LogP contribution in [0.5, 0.6) is 0 Å². The van der Waals surface area contributed by atoms with Crippen molar-refractivity contribution in [2.24, 2.45) is 5.73 Å². The Labute approximate surface area is 158 Å². The Morgan fingerprint density at radius 2 is 1.96 bits per heavy atom. The maximum atomic E-state index is 13.0. The van der Waals surface area contributed by atoms with E-state index in [2.05, 4.69) is 9.71 Å². The lowest BCUT2D eigenvalue weighted by Gasteiger charge is -2.28. The number of carbonyl (C=O) groups excluding carboxylic acids is 1. The zero-order valence-corrected chi connectivity index (χ0v) is 16.0. The molecule has 1 saturated carbocycles. The zero-order chi connectivity index (χ0) is 18.1. The van der Waals surface area contributed by atoms with Gasteiger partial charge in [0.2, 0.25) is 10.0 Å². The molecule has 142 valence electrons. The van der Waals surface area contributed by atoms with Gasteiger partial charge in [0.1, 0.15) is 0 Å². The summed E-state index contributed by atoms with van der Waals surface area (Å²) in [5, 5.41) is 0.862. The third-order valence-electron chi connectivity index (χ3n) is 4.74. The highest BCUT2D eigenvalue weighted by Crippen LogP contribution is 2.32. The van der Waals surface area contributed by atoms with E-state index in [1.165, 1.54) is 19.4 Å². The number of benzene rings is 1. The van der Waals surface area contributed by atoms with Gasteiger partial charge in [-0.15, -0.1) is 12.4 Å². The molecule has 0 unspecified atom stereocenters. The number of nitrogens with zero attached hydrogens (tertiary/aromatic N) is 1. The quantitative estimate of drug-likeness (QED) is 0.743. The van der Waals surface area contributed by atoms with Gasteiger partial charge in [0, 0.05) is 29.1 Å². The zero-order valence-electron chi connectivity index (χ0n) is 14.4. The summed E-state index contributed by atoms with van der Waals surface area (Å²) in [6.45, 7) is 0.256. The second-order valence-electron chi connectivity index (χ2n) is 6.30. The van der Waals surface area contributed by atoms with Crippen LogP contribution in [0.25, 0.3) is 10.8 Å². The van der Waals surface area contributed by atoms with E-state index >= 15 is 0 Å². The highest BCUT2D eigenvalue weighted by atomic mass is 35.5. The summed E-state index contributed by atoms with van der Waals surface area (Å²) in [6.07, 6.45) is 4.75. The van der Waals surface area contributed by atoms with Gasteiger partial charge >= 0.3 is 5.97 Å². The van der Waals surface area contributed by atoms with Gasteiger partial charge in [-0.25, -0.2) is 22.9 Å². The molecular weight excluding hydrogens is 378 g/mol. The van der Waals surface area contributed by atoms with Gasteiger partial charge in [0.25, 0.3) is 0 Å². The minimum absolute atomic E-state index is 0. The minimum atomic E-state index is -3.80. The molecule has 7 nitrogen and oxygen atoms in total. The highest BCUT2D eigenvalue weighted by molar-refractivity contribution is 7.89. The maximum Gasteiger partial charge on any atom is 0.357 e. The Morgan fingerprint density at radius 3 is 2.58 bits per heavy atom. The number of fused-ring (bicyclic) bond motifs is 1. The average Bonchev–Trinajstić information content (AvgIpc) is 3.08. The summed E-state index contributed by atoms with van der Waals surface area (Å²) in [5.74, 6) is -0.609. The molecule has 3 N–H and O–H groups in total. The van der Waals surface area contributed by atoms with Crippen LogP contribution in [0.2, 0.25) is 0 Å². The fourth-order valence-corrected chi connectivity index (χ4v) is 5.10. The predicted molar refractivity (Wildman–Crippen MR) is 101 cm³/mol. The number of aromatic nitrogens is 1. The predicted octanol–water partition coefficient (Wildman–Crippen LogP) is 1.99.